The number of thioether (sulfide) groups is 1. The van der Waals surface area contributed by atoms with Crippen LogP contribution in [0, 0.1) is 0 Å². The third kappa shape index (κ3) is 5.62. The van der Waals surface area contributed by atoms with E-state index in [2.05, 4.69) is 16.3 Å². The maximum atomic E-state index is 12.1. The second kappa shape index (κ2) is 8.79. The molecular weight excluding hydrogens is 300 g/mol. The van der Waals surface area contributed by atoms with Gasteiger partial charge >= 0.3 is 0 Å². The molecule has 0 radical (unpaired) electrons. The standard InChI is InChI=1S/C16H26N2OS2/c1-13(21-16(20)18-11-5-6-12-18)15(19)17-10-9-14-7-3-2-4-8-14/h7,13H,2-6,8-12H2,1H3,(H,17,19). The van der Waals surface area contributed by atoms with Crippen molar-refractivity contribution in [1.82, 2.24) is 10.2 Å². The van der Waals surface area contributed by atoms with Gasteiger partial charge in [-0.1, -0.05) is 35.6 Å². The van der Waals surface area contributed by atoms with Gasteiger partial charge in [0.2, 0.25) is 5.91 Å². The highest BCUT2D eigenvalue weighted by Crippen LogP contribution is 2.21. The smallest absolute Gasteiger partial charge is 0.233 e. The van der Waals surface area contributed by atoms with Crippen LogP contribution in [0.25, 0.3) is 0 Å². The van der Waals surface area contributed by atoms with Gasteiger partial charge in [-0.15, -0.1) is 0 Å². The lowest BCUT2D eigenvalue weighted by atomic mass is 9.97. The summed E-state index contributed by atoms with van der Waals surface area (Å²) in [6, 6.07) is 0. The van der Waals surface area contributed by atoms with Crippen LogP contribution in [0.5, 0.6) is 0 Å². The molecule has 1 saturated heterocycles. The Labute approximate surface area is 137 Å². The fourth-order valence-corrected chi connectivity index (χ4v) is 4.24. The van der Waals surface area contributed by atoms with Gasteiger partial charge < -0.3 is 10.2 Å². The van der Waals surface area contributed by atoms with Crippen LogP contribution in [0.2, 0.25) is 0 Å². The highest BCUT2D eigenvalue weighted by molar-refractivity contribution is 8.23. The summed E-state index contributed by atoms with van der Waals surface area (Å²) in [7, 11) is 0. The number of nitrogens with zero attached hydrogens (tertiary/aromatic N) is 1. The van der Waals surface area contributed by atoms with Crippen molar-refractivity contribution in [2.45, 2.75) is 57.1 Å². The molecule has 1 fully saturated rings. The average Bonchev–Trinajstić information content (AvgIpc) is 3.02. The van der Waals surface area contributed by atoms with Gasteiger partial charge in [-0.3, -0.25) is 4.79 Å². The Morgan fingerprint density at radius 1 is 1.38 bits per heavy atom. The van der Waals surface area contributed by atoms with Gasteiger partial charge in [0.25, 0.3) is 0 Å². The summed E-state index contributed by atoms with van der Waals surface area (Å²) in [5.74, 6) is 0.109. The van der Waals surface area contributed by atoms with Crippen molar-refractivity contribution in [3.05, 3.63) is 11.6 Å². The summed E-state index contributed by atoms with van der Waals surface area (Å²) in [5, 5.41) is 2.95. The van der Waals surface area contributed by atoms with Crippen molar-refractivity contribution in [3.8, 4) is 0 Å². The lowest BCUT2D eigenvalue weighted by molar-refractivity contribution is -0.120. The molecule has 0 spiro atoms. The van der Waals surface area contributed by atoms with Crippen molar-refractivity contribution in [3.63, 3.8) is 0 Å². The molecule has 118 valence electrons. The predicted octanol–water partition coefficient (Wildman–Crippen LogP) is 3.50. The third-order valence-electron chi connectivity index (χ3n) is 4.14. The molecule has 0 aromatic rings. The molecule has 2 rings (SSSR count). The first-order chi connectivity index (χ1) is 10.2. The van der Waals surface area contributed by atoms with E-state index in [4.69, 9.17) is 12.2 Å². The summed E-state index contributed by atoms with van der Waals surface area (Å²) >= 11 is 6.95. The average molecular weight is 327 g/mol. The number of hydrogen-bond acceptors (Lipinski definition) is 3. The predicted molar refractivity (Wildman–Crippen MR) is 94.6 cm³/mol. The largest absolute Gasteiger partial charge is 0.358 e. The monoisotopic (exact) mass is 326 g/mol. The zero-order valence-electron chi connectivity index (χ0n) is 12.9. The lowest BCUT2D eigenvalue weighted by Gasteiger charge is -2.20. The van der Waals surface area contributed by atoms with Gasteiger partial charge in [0.05, 0.1) is 5.25 Å². The molecule has 0 saturated carbocycles. The van der Waals surface area contributed by atoms with Gasteiger partial charge in [-0.25, -0.2) is 0 Å². The van der Waals surface area contributed by atoms with Crippen LogP contribution in [-0.4, -0.2) is 40.0 Å². The van der Waals surface area contributed by atoms with Crippen molar-refractivity contribution >= 4 is 34.2 Å². The van der Waals surface area contributed by atoms with E-state index in [0.29, 0.717) is 0 Å². The van der Waals surface area contributed by atoms with Crippen LogP contribution >= 0.6 is 24.0 Å². The SMILES string of the molecule is CC(SC(=S)N1CCCC1)C(=O)NCCC1=CCCCC1. The Morgan fingerprint density at radius 2 is 2.14 bits per heavy atom. The molecule has 1 heterocycles. The second-order valence-electron chi connectivity index (χ2n) is 5.87. The quantitative estimate of drug-likeness (QED) is 0.619. The summed E-state index contributed by atoms with van der Waals surface area (Å²) in [5.41, 5.74) is 1.51. The molecule has 0 bridgehead atoms. The molecule has 1 N–H and O–H groups in total. The molecule has 1 aliphatic carbocycles. The van der Waals surface area contributed by atoms with Crippen molar-refractivity contribution in [2.75, 3.05) is 19.6 Å². The van der Waals surface area contributed by atoms with E-state index >= 15 is 0 Å². The van der Waals surface area contributed by atoms with E-state index in [-0.39, 0.29) is 11.2 Å². The molecular formula is C16H26N2OS2. The Balaban J connectivity index is 1.64. The van der Waals surface area contributed by atoms with Crippen molar-refractivity contribution < 1.29 is 4.79 Å². The van der Waals surface area contributed by atoms with Crippen LogP contribution in [0.15, 0.2) is 11.6 Å². The number of nitrogens with one attached hydrogen (secondary N) is 1. The number of rotatable bonds is 5. The molecule has 2 aliphatic rings. The van der Waals surface area contributed by atoms with Gasteiger partial charge in [-0.05, 0) is 51.9 Å². The van der Waals surface area contributed by atoms with Crippen LogP contribution in [0.3, 0.4) is 0 Å². The number of hydrogen-bond donors (Lipinski definition) is 1. The van der Waals surface area contributed by atoms with Crippen molar-refractivity contribution in [2.24, 2.45) is 0 Å². The van der Waals surface area contributed by atoms with Crippen LogP contribution in [-0.2, 0) is 4.79 Å². The van der Waals surface area contributed by atoms with E-state index in [0.717, 1.165) is 30.4 Å². The zero-order valence-corrected chi connectivity index (χ0v) is 14.5. The number of likely N-dealkylation sites (tertiary alicyclic amines) is 1. The summed E-state index contributed by atoms with van der Waals surface area (Å²) in [6.07, 6.45) is 10.8. The molecule has 1 unspecified atom stereocenters. The van der Waals surface area contributed by atoms with Crippen LogP contribution < -0.4 is 5.32 Å². The zero-order chi connectivity index (χ0) is 15.1. The number of carbonyl (C=O) groups is 1. The molecule has 1 atom stereocenters. The molecule has 0 aromatic heterocycles. The number of carbonyl (C=O) groups excluding carboxylic acids is 1. The van der Waals surface area contributed by atoms with Gasteiger partial charge in [-0.2, -0.15) is 0 Å². The van der Waals surface area contributed by atoms with Gasteiger partial charge in [0, 0.05) is 19.6 Å². The Bertz CT molecular complexity index is 403. The highest BCUT2D eigenvalue weighted by Gasteiger charge is 2.21. The lowest BCUT2D eigenvalue weighted by Crippen LogP contribution is -2.34. The maximum Gasteiger partial charge on any atom is 0.233 e. The molecule has 0 aromatic carbocycles. The number of allylic oxidation sites excluding steroid dienone is 1. The molecule has 21 heavy (non-hydrogen) atoms. The topological polar surface area (TPSA) is 32.3 Å². The van der Waals surface area contributed by atoms with Gasteiger partial charge in [0.15, 0.2) is 0 Å². The Morgan fingerprint density at radius 3 is 2.81 bits per heavy atom. The first kappa shape index (κ1) is 16.8. The van der Waals surface area contributed by atoms with Gasteiger partial charge in [0.1, 0.15) is 4.32 Å². The van der Waals surface area contributed by atoms with E-state index in [1.165, 1.54) is 55.9 Å². The second-order valence-corrected chi connectivity index (χ2v) is 7.84. The fourth-order valence-electron chi connectivity index (χ4n) is 2.80. The first-order valence-electron chi connectivity index (χ1n) is 8.08. The van der Waals surface area contributed by atoms with Crippen molar-refractivity contribution in [1.29, 1.82) is 0 Å². The minimum Gasteiger partial charge on any atom is -0.358 e. The molecule has 1 aliphatic heterocycles. The van der Waals surface area contributed by atoms with E-state index in [9.17, 15) is 4.79 Å². The fraction of sp³-hybridized carbons (Fsp3) is 0.750. The highest BCUT2D eigenvalue weighted by atomic mass is 32.2. The molecule has 1 amide bonds. The summed E-state index contributed by atoms with van der Waals surface area (Å²) in [4.78, 5) is 14.3. The minimum absolute atomic E-state index is 0.0987. The Kier molecular flexibility index (Phi) is 7.04. The Hall–Kier alpha value is -0.550. The van der Waals surface area contributed by atoms with E-state index in [1.807, 2.05) is 6.92 Å². The normalized spacial score (nSPS) is 20.0. The van der Waals surface area contributed by atoms with Crippen LogP contribution in [0.4, 0.5) is 0 Å². The molecule has 5 heteroatoms. The maximum absolute atomic E-state index is 12.1. The minimum atomic E-state index is -0.0987. The number of amides is 1. The van der Waals surface area contributed by atoms with Crippen LogP contribution in [0.1, 0.15) is 51.9 Å². The van der Waals surface area contributed by atoms with E-state index < -0.39 is 0 Å². The summed E-state index contributed by atoms with van der Waals surface area (Å²) < 4.78 is 0.880. The molecule has 3 nitrogen and oxygen atoms in total. The summed E-state index contributed by atoms with van der Waals surface area (Å²) in [6.45, 7) is 4.80. The third-order valence-corrected chi connectivity index (χ3v) is 5.72. The number of thiocarbonyl (C=S) groups is 1. The van der Waals surface area contributed by atoms with E-state index in [1.54, 1.807) is 0 Å². The first-order valence-corrected chi connectivity index (χ1v) is 9.37.